The van der Waals surface area contributed by atoms with E-state index in [4.69, 9.17) is 16.1 Å². The molecule has 0 spiro atoms. The average molecular weight is 431 g/mol. The maximum absolute atomic E-state index is 13.1. The molecule has 156 valence electrons. The Labute approximate surface area is 174 Å². The van der Waals surface area contributed by atoms with Gasteiger partial charge in [0.05, 0.1) is 6.54 Å². The predicted molar refractivity (Wildman–Crippen MR) is 110 cm³/mol. The summed E-state index contributed by atoms with van der Waals surface area (Å²) >= 11 is 6.23. The first-order chi connectivity index (χ1) is 14.1. The monoisotopic (exact) mass is 430 g/mol. The molecule has 4 aromatic rings. The summed E-state index contributed by atoms with van der Waals surface area (Å²) in [7, 11) is 2.86. The lowest BCUT2D eigenvalue weighted by atomic mass is 10.1. The molecule has 0 atom stereocenters. The SMILES string of the molecule is Cc1cc(-n2c(C)cc(C(=O)Cn3c(Cl)nc4c3c(=O)n(C)c(=O)n4C)c2C)no1. The predicted octanol–water partition coefficient (Wildman–Crippen LogP) is 1.67. The van der Waals surface area contributed by atoms with E-state index in [2.05, 4.69) is 10.1 Å². The van der Waals surface area contributed by atoms with E-state index >= 15 is 0 Å². The van der Waals surface area contributed by atoms with Crippen molar-refractivity contribution in [2.75, 3.05) is 0 Å². The first kappa shape index (κ1) is 19.9. The molecule has 4 heterocycles. The molecular weight excluding hydrogens is 412 g/mol. The van der Waals surface area contributed by atoms with Crippen molar-refractivity contribution in [1.29, 1.82) is 0 Å². The number of Topliss-reactive ketones (excluding diaryl/α,β-unsaturated/α-hetero) is 1. The van der Waals surface area contributed by atoms with Crippen molar-refractivity contribution in [2.24, 2.45) is 14.1 Å². The molecule has 10 nitrogen and oxygen atoms in total. The van der Waals surface area contributed by atoms with Gasteiger partial charge in [0.15, 0.2) is 22.8 Å². The normalized spacial score (nSPS) is 11.5. The highest BCUT2D eigenvalue weighted by atomic mass is 35.5. The third-order valence-corrected chi connectivity index (χ3v) is 5.47. The number of hydrogen-bond donors (Lipinski definition) is 0. The zero-order valence-electron chi connectivity index (χ0n) is 17.1. The smallest absolute Gasteiger partial charge is 0.332 e. The minimum Gasteiger partial charge on any atom is -0.360 e. The van der Waals surface area contributed by atoms with Gasteiger partial charge >= 0.3 is 5.69 Å². The van der Waals surface area contributed by atoms with Crippen LogP contribution in [0, 0.1) is 20.8 Å². The Hall–Kier alpha value is -3.40. The molecular formula is C19H19ClN6O4. The lowest BCUT2D eigenvalue weighted by Gasteiger charge is -2.08. The Balaban J connectivity index is 1.81. The lowest BCUT2D eigenvalue weighted by Crippen LogP contribution is -2.37. The zero-order valence-corrected chi connectivity index (χ0v) is 17.8. The van der Waals surface area contributed by atoms with Gasteiger partial charge in [-0.2, -0.15) is 4.98 Å². The van der Waals surface area contributed by atoms with Gasteiger partial charge in [-0.05, 0) is 38.4 Å². The Bertz CT molecular complexity index is 1450. The fraction of sp³-hybridized carbons (Fsp3) is 0.316. The van der Waals surface area contributed by atoms with Crippen LogP contribution in [0.2, 0.25) is 5.28 Å². The Kier molecular flexibility index (Phi) is 4.53. The number of carbonyl (C=O) groups is 1. The lowest BCUT2D eigenvalue weighted by molar-refractivity contribution is 0.0972. The number of aryl methyl sites for hydroxylation is 3. The fourth-order valence-electron chi connectivity index (χ4n) is 3.65. The summed E-state index contributed by atoms with van der Waals surface area (Å²) in [6.07, 6.45) is 0. The first-order valence-electron chi connectivity index (χ1n) is 9.09. The summed E-state index contributed by atoms with van der Waals surface area (Å²) in [5.41, 5.74) is 1.10. The van der Waals surface area contributed by atoms with Crippen LogP contribution >= 0.6 is 11.6 Å². The van der Waals surface area contributed by atoms with Crippen LogP contribution in [0.1, 0.15) is 27.5 Å². The number of rotatable bonds is 4. The standard InChI is InChI=1S/C19H19ClN6O4/c1-9-6-12(11(3)26(9)14-7-10(2)30-22-14)13(27)8-25-15-16(21-18(25)20)23(4)19(29)24(5)17(15)28/h6-7H,8H2,1-5H3. The molecule has 0 unspecified atom stereocenters. The molecule has 0 saturated heterocycles. The highest BCUT2D eigenvalue weighted by Crippen LogP contribution is 2.23. The van der Waals surface area contributed by atoms with Crippen LogP contribution < -0.4 is 11.2 Å². The molecule has 0 aliphatic rings. The average Bonchev–Trinajstić information content (AvgIpc) is 3.34. The second-order valence-electron chi connectivity index (χ2n) is 7.18. The molecule has 0 N–H and O–H groups in total. The van der Waals surface area contributed by atoms with Crippen LogP contribution in [0.15, 0.2) is 26.2 Å². The van der Waals surface area contributed by atoms with Gasteiger partial charge in [-0.15, -0.1) is 0 Å². The largest absolute Gasteiger partial charge is 0.360 e. The van der Waals surface area contributed by atoms with Crippen molar-refractivity contribution in [3.63, 3.8) is 0 Å². The Morgan fingerprint density at radius 3 is 2.47 bits per heavy atom. The van der Waals surface area contributed by atoms with Crippen LogP contribution in [0.4, 0.5) is 0 Å². The molecule has 11 heteroatoms. The van der Waals surface area contributed by atoms with Gasteiger partial charge in [0.1, 0.15) is 5.76 Å². The van der Waals surface area contributed by atoms with Gasteiger partial charge in [0.25, 0.3) is 5.56 Å². The third kappa shape index (κ3) is 2.83. The molecule has 0 bridgehead atoms. The highest BCUT2D eigenvalue weighted by molar-refractivity contribution is 6.29. The van der Waals surface area contributed by atoms with Crippen LogP contribution in [0.3, 0.4) is 0 Å². The fourth-order valence-corrected chi connectivity index (χ4v) is 3.87. The minimum absolute atomic E-state index is 0.0439. The molecule has 0 amide bonds. The minimum atomic E-state index is -0.566. The number of fused-ring (bicyclic) bond motifs is 1. The number of aromatic nitrogens is 6. The quantitative estimate of drug-likeness (QED) is 0.360. The number of nitrogens with zero attached hydrogens (tertiary/aromatic N) is 6. The van der Waals surface area contributed by atoms with Crippen LogP contribution in [0.25, 0.3) is 17.0 Å². The van der Waals surface area contributed by atoms with Crippen molar-refractivity contribution in [1.82, 2.24) is 28.4 Å². The number of hydrogen-bond acceptors (Lipinski definition) is 6. The molecule has 0 saturated carbocycles. The van der Waals surface area contributed by atoms with Crippen molar-refractivity contribution in [3.05, 3.63) is 61.0 Å². The molecule has 4 aromatic heterocycles. The van der Waals surface area contributed by atoms with E-state index in [0.29, 0.717) is 22.8 Å². The Morgan fingerprint density at radius 2 is 1.83 bits per heavy atom. The van der Waals surface area contributed by atoms with E-state index < -0.39 is 11.2 Å². The van der Waals surface area contributed by atoms with E-state index in [-0.39, 0.29) is 28.8 Å². The van der Waals surface area contributed by atoms with Gasteiger partial charge in [-0.25, -0.2) is 4.79 Å². The summed E-state index contributed by atoms with van der Waals surface area (Å²) in [5, 5.41) is 3.97. The summed E-state index contributed by atoms with van der Waals surface area (Å²) in [6, 6.07) is 3.53. The van der Waals surface area contributed by atoms with Gasteiger partial charge in [0.2, 0.25) is 5.28 Å². The second-order valence-corrected chi connectivity index (χ2v) is 7.52. The van der Waals surface area contributed by atoms with E-state index in [1.807, 2.05) is 11.5 Å². The summed E-state index contributed by atoms with van der Waals surface area (Å²) in [6.45, 7) is 5.25. The van der Waals surface area contributed by atoms with E-state index in [1.165, 1.54) is 23.2 Å². The Morgan fingerprint density at radius 1 is 1.13 bits per heavy atom. The maximum Gasteiger partial charge on any atom is 0.332 e. The molecule has 30 heavy (non-hydrogen) atoms. The van der Waals surface area contributed by atoms with Gasteiger partial charge in [0, 0.05) is 37.1 Å². The van der Waals surface area contributed by atoms with Crippen LogP contribution in [-0.2, 0) is 20.6 Å². The molecule has 0 fully saturated rings. The van der Waals surface area contributed by atoms with Crippen molar-refractivity contribution in [2.45, 2.75) is 27.3 Å². The first-order valence-corrected chi connectivity index (χ1v) is 9.47. The molecule has 0 radical (unpaired) electrons. The number of imidazole rings is 1. The third-order valence-electron chi connectivity index (χ3n) is 5.18. The molecule has 0 aromatic carbocycles. The van der Waals surface area contributed by atoms with Crippen LogP contribution in [0.5, 0.6) is 0 Å². The van der Waals surface area contributed by atoms with Gasteiger partial charge < -0.3 is 9.09 Å². The molecule has 0 aliphatic heterocycles. The van der Waals surface area contributed by atoms with Gasteiger partial charge in [-0.3, -0.25) is 23.3 Å². The van der Waals surface area contributed by atoms with Crippen molar-refractivity contribution in [3.8, 4) is 5.82 Å². The van der Waals surface area contributed by atoms with E-state index in [9.17, 15) is 14.4 Å². The van der Waals surface area contributed by atoms with Crippen molar-refractivity contribution < 1.29 is 9.32 Å². The number of ketones is 1. The van der Waals surface area contributed by atoms with Crippen LogP contribution in [-0.4, -0.2) is 34.2 Å². The topological polar surface area (TPSA) is 110 Å². The van der Waals surface area contributed by atoms with E-state index in [0.717, 1.165) is 10.3 Å². The summed E-state index contributed by atoms with van der Waals surface area (Å²) in [4.78, 5) is 42.1. The summed E-state index contributed by atoms with van der Waals surface area (Å²) in [5.74, 6) is 0.978. The number of halogens is 1. The maximum atomic E-state index is 13.1. The van der Waals surface area contributed by atoms with Crippen molar-refractivity contribution >= 4 is 28.5 Å². The second kappa shape index (κ2) is 6.84. The highest BCUT2D eigenvalue weighted by Gasteiger charge is 2.23. The zero-order chi connectivity index (χ0) is 21.9. The molecule has 0 aliphatic carbocycles. The van der Waals surface area contributed by atoms with Gasteiger partial charge in [-0.1, -0.05) is 5.16 Å². The van der Waals surface area contributed by atoms with E-state index in [1.54, 1.807) is 26.0 Å². The number of carbonyl (C=O) groups excluding carboxylic acids is 1. The molecule has 4 rings (SSSR count). The summed E-state index contributed by atoms with van der Waals surface area (Å²) < 4.78 is 10.5.